The molecule has 5 nitrogen and oxygen atoms in total. The van der Waals surface area contributed by atoms with Gasteiger partial charge in [-0.25, -0.2) is 4.98 Å². The molecular weight excluding hydrogens is 244 g/mol. The Morgan fingerprint density at radius 1 is 1.21 bits per heavy atom. The van der Waals surface area contributed by atoms with E-state index in [2.05, 4.69) is 4.98 Å². The van der Waals surface area contributed by atoms with Crippen molar-refractivity contribution in [3.8, 4) is 0 Å². The van der Waals surface area contributed by atoms with E-state index in [1.807, 2.05) is 42.7 Å². The van der Waals surface area contributed by atoms with Crippen molar-refractivity contribution >= 4 is 11.0 Å². The van der Waals surface area contributed by atoms with Crippen LogP contribution in [-0.4, -0.2) is 34.2 Å². The largest absolute Gasteiger partial charge is 0.388 e. The third kappa shape index (κ3) is 3.12. The van der Waals surface area contributed by atoms with Gasteiger partial charge in [0.25, 0.3) is 0 Å². The van der Waals surface area contributed by atoms with Gasteiger partial charge in [-0.1, -0.05) is 12.1 Å². The number of aliphatic hydroxyl groups is 1. The fourth-order valence-electron chi connectivity index (χ4n) is 2.12. The van der Waals surface area contributed by atoms with Crippen molar-refractivity contribution in [3.63, 3.8) is 0 Å². The summed E-state index contributed by atoms with van der Waals surface area (Å²) in [6.45, 7) is 5.48. The number of benzene rings is 1. The van der Waals surface area contributed by atoms with Gasteiger partial charge in [0.1, 0.15) is 12.4 Å². The summed E-state index contributed by atoms with van der Waals surface area (Å²) in [4.78, 5) is 4.41. The lowest BCUT2D eigenvalue weighted by atomic mass is 10.3. The predicted octanol–water partition coefficient (Wildman–Crippen LogP) is 1.93. The molecule has 2 aromatic rings. The van der Waals surface area contributed by atoms with Crippen LogP contribution in [0.1, 0.15) is 19.7 Å². The third-order valence-corrected chi connectivity index (χ3v) is 2.91. The zero-order valence-corrected chi connectivity index (χ0v) is 11.4. The standard InChI is InChI=1S/C14H20N2O3/c1-3-18-14(19-4-2)9-16-12-8-6-5-7-11(12)15-13(16)10-17/h5-8,14,17H,3-4,9-10H2,1-2H3. The van der Waals surface area contributed by atoms with Crippen molar-refractivity contribution in [2.45, 2.75) is 33.3 Å². The fourth-order valence-corrected chi connectivity index (χ4v) is 2.12. The van der Waals surface area contributed by atoms with Crippen LogP contribution in [0.15, 0.2) is 24.3 Å². The van der Waals surface area contributed by atoms with Gasteiger partial charge in [-0.3, -0.25) is 0 Å². The average Bonchev–Trinajstić information content (AvgIpc) is 2.78. The number of hydrogen-bond acceptors (Lipinski definition) is 4. The highest BCUT2D eigenvalue weighted by molar-refractivity contribution is 5.75. The van der Waals surface area contributed by atoms with Crippen molar-refractivity contribution in [3.05, 3.63) is 30.1 Å². The first-order chi connectivity index (χ1) is 9.30. The first-order valence-corrected chi connectivity index (χ1v) is 6.58. The molecule has 0 radical (unpaired) electrons. The number of ether oxygens (including phenoxy) is 2. The Morgan fingerprint density at radius 2 is 1.89 bits per heavy atom. The van der Waals surface area contributed by atoms with Gasteiger partial charge < -0.3 is 19.1 Å². The van der Waals surface area contributed by atoms with Gasteiger partial charge in [-0.15, -0.1) is 0 Å². The zero-order chi connectivity index (χ0) is 13.7. The molecule has 5 heteroatoms. The summed E-state index contributed by atoms with van der Waals surface area (Å²) < 4.78 is 13.1. The number of para-hydroxylation sites is 2. The minimum atomic E-state index is -0.321. The molecule has 0 saturated carbocycles. The minimum Gasteiger partial charge on any atom is -0.388 e. The van der Waals surface area contributed by atoms with Gasteiger partial charge in [0.15, 0.2) is 6.29 Å². The van der Waals surface area contributed by atoms with E-state index >= 15 is 0 Å². The molecule has 2 rings (SSSR count). The van der Waals surface area contributed by atoms with E-state index < -0.39 is 0 Å². The molecule has 0 bridgehead atoms. The van der Waals surface area contributed by atoms with E-state index in [1.54, 1.807) is 0 Å². The minimum absolute atomic E-state index is 0.0976. The lowest BCUT2D eigenvalue weighted by Crippen LogP contribution is -2.24. The Kier molecular flexibility index (Phi) is 4.90. The molecular formula is C14H20N2O3. The van der Waals surface area contributed by atoms with Crippen molar-refractivity contribution in [1.29, 1.82) is 0 Å². The molecule has 0 amide bonds. The van der Waals surface area contributed by atoms with Gasteiger partial charge in [0.05, 0.1) is 17.6 Å². The van der Waals surface area contributed by atoms with Gasteiger partial charge in [-0.2, -0.15) is 0 Å². The van der Waals surface area contributed by atoms with Gasteiger partial charge >= 0.3 is 0 Å². The second-order valence-corrected chi connectivity index (χ2v) is 4.13. The first kappa shape index (κ1) is 14.0. The predicted molar refractivity (Wildman–Crippen MR) is 72.7 cm³/mol. The Morgan fingerprint density at radius 3 is 2.53 bits per heavy atom. The summed E-state index contributed by atoms with van der Waals surface area (Å²) in [7, 11) is 0. The second-order valence-electron chi connectivity index (χ2n) is 4.13. The number of hydrogen-bond donors (Lipinski definition) is 1. The van der Waals surface area contributed by atoms with E-state index in [0.29, 0.717) is 25.6 Å². The van der Waals surface area contributed by atoms with Crippen LogP contribution in [-0.2, 0) is 22.6 Å². The van der Waals surface area contributed by atoms with Crippen molar-refractivity contribution < 1.29 is 14.6 Å². The van der Waals surface area contributed by atoms with Gasteiger partial charge in [0.2, 0.25) is 0 Å². The molecule has 1 heterocycles. The van der Waals surface area contributed by atoms with E-state index in [-0.39, 0.29) is 12.9 Å². The topological polar surface area (TPSA) is 56.5 Å². The molecule has 0 fully saturated rings. The normalized spacial score (nSPS) is 11.6. The molecule has 0 spiro atoms. The van der Waals surface area contributed by atoms with Crippen LogP contribution in [0.25, 0.3) is 11.0 Å². The number of nitrogens with zero attached hydrogens (tertiary/aromatic N) is 2. The van der Waals surface area contributed by atoms with Crippen LogP contribution >= 0.6 is 0 Å². The first-order valence-electron chi connectivity index (χ1n) is 6.58. The van der Waals surface area contributed by atoms with E-state index in [9.17, 15) is 5.11 Å². The Labute approximate surface area is 112 Å². The highest BCUT2D eigenvalue weighted by Crippen LogP contribution is 2.17. The molecule has 0 atom stereocenters. The fraction of sp³-hybridized carbons (Fsp3) is 0.500. The van der Waals surface area contributed by atoms with Crippen molar-refractivity contribution in [2.24, 2.45) is 0 Å². The number of aliphatic hydroxyl groups excluding tert-OH is 1. The average molecular weight is 264 g/mol. The van der Waals surface area contributed by atoms with E-state index in [4.69, 9.17) is 9.47 Å². The number of fused-ring (bicyclic) bond motifs is 1. The van der Waals surface area contributed by atoms with Crippen LogP contribution in [0.3, 0.4) is 0 Å². The quantitative estimate of drug-likeness (QED) is 0.776. The molecule has 0 aliphatic heterocycles. The number of rotatable bonds is 7. The lowest BCUT2D eigenvalue weighted by molar-refractivity contribution is -0.143. The van der Waals surface area contributed by atoms with Crippen LogP contribution in [0.4, 0.5) is 0 Å². The van der Waals surface area contributed by atoms with Gasteiger partial charge in [0, 0.05) is 13.2 Å². The highest BCUT2D eigenvalue weighted by atomic mass is 16.7. The second kappa shape index (κ2) is 6.65. The monoisotopic (exact) mass is 264 g/mol. The number of aromatic nitrogens is 2. The van der Waals surface area contributed by atoms with Crippen LogP contribution in [0.5, 0.6) is 0 Å². The molecule has 0 aliphatic rings. The Hall–Kier alpha value is -1.43. The summed E-state index contributed by atoms with van der Waals surface area (Å²) in [5.74, 6) is 0.630. The van der Waals surface area contributed by atoms with Gasteiger partial charge in [-0.05, 0) is 26.0 Å². The molecule has 104 valence electrons. The van der Waals surface area contributed by atoms with Crippen molar-refractivity contribution in [2.75, 3.05) is 13.2 Å². The van der Waals surface area contributed by atoms with Crippen LogP contribution in [0, 0.1) is 0 Å². The molecule has 0 unspecified atom stereocenters. The molecule has 1 aromatic heterocycles. The third-order valence-electron chi connectivity index (χ3n) is 2.91. The molecule has 1 N–H and O–H groups in total. The van der Waals surface area contributed by atoms with Crippen molar-refractivity contribution in [1.82, 2.24) is 9.55 Å². The smallest absolute Gasteiger partial charge is 0.175 e. The Bertz CT molecular complexity index is 518. The van der Waals surface area contributed by atoms with Crippen LogP contribution < -0.4 is 0 Å². The zero-order valence-electron chi connectivity index (χ0n) is 11.4. The SMILES string of the molecule is CCOC(Cn1c(CO)nc2ccccc21)OCC. The summed E-state index contributed by atoms with van der Waals surface area (Å²) in [5.41, 5.74) is 1.86. The van der Waals surface area contributed by atoms with E-state index in [1.165, 1.54) is 0 Å². The Balaban J connectivity index is 2.31. The molecule has 1 aromatic carbocycles. The maximum Gasteiger partial charge on any atom is 0.175 e. The number of imidazole rings is 1. The molecule has 0 aliphatic carbocycles. The maximum absolute atomic E-state index is 9.43. The molecule has 0 saturated heterocycles. The van der Waals surface area contributed by atoms with Crippen LogP contribution in [0.2, 0.25) is 0 Å². The lowest BCUT2D eigenvalue weighted by Gasteiger charge is -2.19. The summed E-state index contributed by atoms with van der Waals surface area (Å²) in [6.07, 6.45) is -0.321. The molecule has 19 heavy (non-hydrogen) atoms. The summed E-state index contributed by atoms with van der Waals surface area (Å²) in [6, 6.07) is 7.80. The highest BCUT2D eigenvalue weighted by Gasteiger charge is 2.15. The van der Waals surface area contributed by atoms with E-state index in [0.717, 1.165) is 11.0 Å². The summed E-state index contributed by atoms with van der Waals surface area (Å²) in [5, 5.41) is 9.43. The maximum atomic E-state index is 9.43. The summed E-state index contributed by atoms with van der Waals surface area (Å²) >= 11 is 0.